The van der Waals surface area contributed by atoms with Gasteiger partial charge in [0.2, 0.25) is 0 Å². The van der Waals surface area contributed by atoms with Crippen LogP contribution in [0.1, 0.15) is 5.56 Å². The maximum absolute atomic E-state index is 8.69. The van der Waals surface area contributed by atoms with Crippen LogP contribution in [0.25, 0.3) is 0 Å². The molecule has 0 unspecified atom stereocenters. The van der Waals surface area contributed by atoms with Crippen LogP contribution >= 0.6 is 15.9 Å². The first-order valence-electron chi connectivity index (χ1n) is 3.39. The van der Waals surface area contributed by atoms with Crippen LogP contribution in [0.4, 0.5) is 5.69 Å². The lowest BCUT2D eigenvalue weighted by Gasteiger charge is -2.04. The molecule has 0 saturated heterocycles. The largest absolute Gasteiger partial charge is 0.398 e. The molecule has 0 amide bonds. The van der Waals surface area contributed by atoms with E-state index in [1.54, 1.807) is 0 Å². The van der Waals surface area contributed by atoms with Crippen molar-refractivity contribution in [3.05, 3.63) is 28.2 Å². The van der Waals surface area contributed by atoms with Gasteiger partial charge in [0.05, 0.1) is 0 Å². The van der Waals surface area contributed by atoms with Crippen molar-refractivity contribution in [2.45, 2.75) is 6.42 Å². The maximum atomic E-state index is 8.69. The van der Waals surface area contributed by atoms with Crippen molar-refractivity contribution >= 4 is 21.6 Å². The zero-order chi connectivity index (χ0) is 8.27. The monoisotopic (exact) mass is 215 g/mol. The second kappa shape index (κ2) is 3.74. The smallest absolute Gasteiger partial charge is 0.0472 e. The predicted molar refractivity (Wildman–Crippen MR) is 49.3 cm³/mol. The third-order valence-corrected chi connectivity index (χ3v) is 2.26. The molecule has 0 atom stereocenters. The number of aliphatic hydroxyl groups is 1. The summed E-state index contributed by atoms with van der Waals surface area (Å²) in [7, 11) is 0. The zero-order valence-corrected chi connectivity index (χ0v) is 7.63. The Morgan fingerprint density at radius 2 is 2.18 bits per heavy atom. The van der Waals surface area contributed by atoms with E-state index in [1.165, 1.54) is 0 Å². The summed E-state index contributed by atoms with van der Waals surface area (Å²) in [5, 5.41) is 8.69. The highest BCUT2D eigenvalue weighted by Crippen LogP contribution is 2.22. The molecular weight excluding hydrogens is 206 g/mol. The van der Waals surface area contributed by atoms with E-state index in [2.05, 4.69) is 15.9 Å². The molecule has 0 spiro atoms. The van der Waals surface area contributed by atoms with Gasteiger partial charge in [0, 0.05) is 16.8 Å². The van der Waals surface area contributed by atoms with Gasteiger partial charge >= 0.3 is 0 Å². The molecule has 0 aromatic heterocycles. The van der Waals surface area contributed by atoms with E-state index in [4.69, 9.17) is 10.8 Å². The lowest BCUT2D eigenvalue weighted by atomic mass is 10.1. The zero-order valence-electron chi connectivity index (χ0n) is 6.05. The molecule has 60 valence electrons. The summed E-state index contributed by atoms with van der Waals surface area (Å²) in [6.07, 6.45) is 0.604. The predicted octanol–water partition coefficient (Wildman–Crippen LogP) is 1.57. The minimum absolute atomic E-state index is 0.132. The SMILES string of the molecule is Nc1cccc(Br)c1CCO. The van der Waals surface area contributed by atoms with Gasteiger partial charge in [-0.05, 0) is 24.1 Å². The molecule has 0 radical (unpaired) electrons. The lowest BCUT2D eigenvalue weighted by Crippen LogP contribution is -1.98. The Balaban J connectivity index is 3.00. The van der Waals surface area contributed by atoms with Gasteiger partial charge in [-0.25, -0.2) is 0 Å². The Hall–Kier alpha value is -0.540. The van der Waals surface area contributed by atoms with Crippen LogP contribution in [-0.2, 0) is 6.42 Å². The highest BCUT2D eigenvalue weighted by atomic mass is 79.9. The highest BCUT2D eigenvalue weighted by molar-refractivity contribution is 9.10. The lowest BCUT2D eigenvalue weighted by molar-refractivity contribution is 0.299. The Bertz CT molecular complexity index is 230. The summed E-state index contributed by atoms with van der Waals surface area (Å²) in [6.45, 7) is 0.132. The van der Waals surface area contributed by atoms with Gasteiger partial charge in [-0.15, -0.1) is 0 Å². The van der Waals surface area contributed by atoms with Crippen LogP contribution in [-0.4, -0.2) is 11.7 Å². The van der Waals surface area contributed by atoms with Crippen molar-refractivity contribution in [1.29, 1.82) is 0 Å². The van der Waals surface area contributed by atoms with Gasteiger partial charge in [-0.2, -0.15) is 0 Å². The minimum Gasteiger partial charge on any atom is -0.398 e. The van der Waals surface area contributed by atoms with Crippen molar-refractivity contribution in [1.82, 2.24) is 0 Å². The van der Waals surface area contributed by atoms with E-state index >= 15 is 0 Å². The van der Waals surface area contributed by atoms with E-state index in [1.807, 2.05) is 18.2 Å². The van der Waals surface area contributed by atoms with Crippen molar-refractivity contribution in [2.24, 2.45) is 0 Å². The molecule has 0 saturated carbocycles. The van der Waals surface area contributed by atoms with Gasteiger partial charge in [-0.1, -0.05) is 22.0 Å². The number of rotatable bonds is 2. The summed E-state index contributed by atoms with van der Waals surface area (Å²) >= 11 is 3.36. The Morgan fingerprint density at radius 1 is 1.45 bits per heavy atom. The number of nitrogens with two attached hydrogens (primary N) is 1. The summed E-state index contributed by atoms with van der Waals surface area (Å²) in [5.41, 5.74) is 7.38. The standard InChI is InChI=1S/C8H10BrNO/c9-7-2-1-3-8(10)6(7)4-5-11/h1-3,11H,4-5,10H2. The molecule has 3 N–H and O–H groups in total. The summed E-state index contributed by atoms with van der Waals surface area (Å²) < 4.78 is 0.964. The molecule has 0 bridgehead atoms. The molecule has 3 heteroatoms. The quantitative estimate of drug-likeness (QED) is 0.737. The van der Waals surface area contributed by atoms with Crippen molar-refractivity contribution < 1.29 is 5.11 Å². The second-order valence-corrected chi connectivity index (χ2v) is 3.14. The highest BCUT2D eigenvalue weighted by Gasteiger charge is 2.01. The van der Waals surface area contributed by atoms with Crippen LogP contribution in [0.2, 0.25) is 0 Å². The van der Waals surface area contributed by atoms with E-state index in [0.717, 1.165) is 15.7 Å². The van der Waals surface area contributed by atoms with Crippen molar-refractivity contribution in [2.75, 3.05) is 12.3 Å². The first kappa shape index (κ1) is 8.56. The molecule has 0 aliphatic heterocycles. The van der Waals surface area contributed by atoms with Crippen LogP contribution in [0.3, 0.4) is 0 Å². The van der Waals surface area contributed by atoms with Crippen molar-refractivity contribution in [3.63, 3.8) is 0 Å². The number of halogens is 1. The number of nitrogen functional groups attached to an aromatic ring is 1. The van der Waals surface area contributed by atoms with Crippen LogP contribution in [0.15, 0.2) is 22.7 Å². The van der Waals surface area contributed by atoms with E-state index in [0.29, 0.717) is 6.42 Å². The van der Waals surface area contributed by atoms with E-state index in [9.17, 15) is 0 Å². The molecule has 1 aromatic rings. The van der Waals surface area contributed by atoms with Crippen LogP contribution in [0.5, 0.6) is 0 Å². The minimum atomic E-state index is 0.132. The third-order valence-electron chi connectivity index (χ3n) is 1.52. The maximum Gasteiger partial charge on any atom is 0.0472 e. The molecule has 1 aromatic carbocycles. The van der Waals surface area contributed by atoms with Crippen LogP contribution < -0.4 is 5.73 Å². The molecule has 0 aliphatic rings. The number of hydrogen-bond acceptors (Lipinski definition) is 2. The number of hydrogen-bond donors (Lipinski definition) is 2. The van der Waals surface area contributed by atoms with Gasteiger partial charge in [0.15, 0.2) is 0 Å². The topological polar surface area (TPSA) is 46.2 Å². The summed E-state index contributed by atoms with van der Waals surface area (Å²) in [6, 6.07) is 5.62. The van der Waals surface area contributed by atoms with E-state index in [-0.39, 0.29) is 6.61 Å². The Labute approximate surface area is 74.2 Å². The molecule has 1 rings (SSSR count). The van der Waals surface area contributed by atoms with Gasteiger partial charge in [0.25, 0.3) is 0 Å². The molecule has 2 nitrogen and oxygen atoms in total. The van der Waals surface area contributed by atoms with E-state index < -0.39 is 0 Å². The normalized spacial score (nSPS) is 10.0. The number of benzene rings is 1. The molecular formula is C8H10BrNO. The van der Waals surface area contributed by atoms with Gasteiger partial charge in [-0.3, -0.25) is 0 Å². The Morgan fingerprint density at radius 3 is 2.73 bits per heavy atom. The van der Waals surface area contributed by atoms with Crippen LogP contribution in [0, 0.1) is 0 Å². The molecule has 0 heterocycles. The first-order chi connectivity index (χ1) is 5.25. The van der Waals surface area contributed by atoms with Crippen molar-refractivity contribution in [3.8, 4) is 0 Å². The molecule has 11 heavy (non-hydrogen) atoms. The second-order valence-electron chi connectivity index (χ2n) is 2.28. The Kier molecular flexibility index (Phi) is 2.91. The average molecular weight is 216 g/mol. The number of anilines is 1. The summed E-state index contributed by atoms with van der Waals surface area (Å²) in [4.78, 5) is 0. The van der Waals surface area contributed by atoms with Gasteiger partial charge < -0.3 is 10.8 Å². The number of aliphatic hydroxyl groups excluding tert-OH is 1. The first-order valence-corrected chi connectivity index (χ1v) is 4.18. The summed E-state index contributed by atoms with van der Waals surface area (Å²) in [5.74, 6) is 0. The fourth-order valence-corrected chi connectivity index (χ4v) is 1.53. The van der Waals surface area contributed by atoms with Gasteiger partial charge in [0.1, 0.15) is 0 Å². The molecule has 0 aliphatic carbocycles. The fraction of sp³-hybridized carbons (Fsp3) is 0.250. The molecule has 0 fully saturated rings. The average Bonchev–Trinajstić information content (AvgIpc) is 1.97. The third kappa shape index (κ3) is 1.94. The fourth-order valence-electron chi connectivity index (χ4n) is 0.951.